The van der Waals surface area contributed by atoms with E-state index in [1.807, 2.05) is 19.2 Å². The number of ether oxygens (including phenoxy) is 2. The van der Waals surface area contributed by atoms with Crippen molar-refractivity contribution in [1.82, 2.24) is 15.1 Å². The first-order valence-corrected chi connectivity index (χ1v) is 11.4. The standard InChI is InChI=1S/C23H35FN4O2/c1-25-23(28-12-14-30-22(17-28)21-7-4-13-29-21)26-15-18-8-10-27(11-9-18)16-19-5-2-3-6-20(19)24/h2-3,5-6,18,21-22H,4,7-17H2,1H3,(H,25,26). The average Bonchev–Trinajstić information content (AvgIpc) is 3.32. The Morgan fingerprint density at radius 3 is 2.63 bits per heavy atom. The maximum atomic E-state index is 13.9. The van der Waals surface area contributed by atoms with Crippen LogP contribution in [0.4, 0.5) is 4.39 Å². The third kappa shape index (κ3) is 5.50. The van der Waals surface area contributed by atoms with Gasteiger partial charge in [-0.1, -0.05) is 18.2 Å². The van der Waals surface area contributed by atoms with Crippen LogP contribution in [-0.2, 0) is 16.0 Å². The Morgan fingerprint density at radius 1 is 1.10 bits per heavy atom. The van der Waals surface area contributed by atoms with Gasteiger partial charge in [-0.05, 0) is 50.8 Å². The summed E-state index contributed by atoms with van der Waals surface area (Å²) in [5.74, 6) is 1.49. The number of morpholine rings is 1. The van der Waals surface area contributed by atoms with Gasteiger partial charge < -0.3 is 19.7 Å². The summed E-state index contributed by atoms with van der Waals surface area (Å²) in [5, 5.41) is 3.59. The number of likely N-dealkylation sites (tertiary alicyclic amines) is 1. The van der Waals surface area contributed by atoms with E-state index >= 15 is 0 Å². The zero-order chi connectivity index (χ0) is 20.8. The Labute approximate surface area is 179 Å². The molecule has 0 spiro atoms. The van der Waals surface area contributed by atoms with Crippen LogP contribution < -0.4 is 5.32 Å². The molecule has 3 fully saturated rings. The quantitative estimate of drug-likeness (QED) is 0.588. The molecule has 2 unspecified atom stereocenters. The van der Waals surface area contributed by atoms with Gasteiger partial charge in [-0.3, -0.25) is 9.89 Å². The predicted octanol–water partition coefficient (Wildman–Crippen LogP) is 2.49. The van der Waals surface area contributed by atoms with Gasteiger partial charge in [-0.2, -0.15) is 0 Å². The fourth-order valence-corrected chi connectivity index (χ4v) is 4.77. The molecule has 0 radical (unpaired) electrons. The fourth-order valence-electron chi connectivity index (χ4n) is 4.77. The van der Waals surface area contributed by atoms with Gasteiger partial charge in [-0.25, -0.2) is 4.39 Å². The first-order valence-electron chi connectivity index (χ1n) is 11.4. The summed E-state index contributed by atoms with van der Waals surface area (Å²) < 4.78 is 25.7. The highest BCUT2D eigenvalue weighted by Crippen LogP contribution is 2.22. The van der Waals surface area contributed by atoms with Crippen molar-refractivity contribution < 1.29 is 13.9 Å². The summed E-state index contributed by atoms with van der Waals surface area (Å²) >= 11 is 0. The molecule has 1 aromatic carbocycles. The van der Waals surface area contributed by atoms with E-state index in [0.717, 1.165) is 83.1 Å². The summed E-state index contributed by atoms with van der Waals surface area (Å²) in [4.78, 5) is 9.19. The van der Waals surface area contributed by atoms with Crippen LogP contribution in [0.15, 0.2) is 29.3 Å². The van der Waals surface area contributed by atoms with Gasteiger partial charge in [0.05, 0.1) is 12.7 Å². The smallest absolute Gasteiger partial charge is 0.193 e. The first kappa shape index (κ1) is 21.5. The topological polar surface area (TPSA) is 49.3 Å². The van der Waals surface area contributed by atoms with Crippen LogP contribution in [-0.4, -0.2) is 81.0 Å². The molecule has 2 atom stereocenters. The molecule has 3 saturated heterocycles. The second-order valence-corrected chi connectivity index (χ2v) is 8.65. The number of benzene rings is 1. The minimum atomic E-state index is -0.100. The lowest BCUT2D eigenvalue weighted by molar-refractivity contribution is -0.0817. The lowest BCUT2D eigenvalue weighted by Gasteiger charge is -2.38. The van der Waals surface area contributed by atoms with E-state index in [4.69, 9.17) is 9.47 Å². The van der Waals surface area contributed by atoms with Crippen LogP contribution in [0.1, 0.15) is 31.2 Å². The summed E-state index contributed by atoms with van der Waals surface area (Å²) in [6, 6.07) is 7.10. The summed E-state index contributed by atoms with van der Waals surface area (Å²) in [6.07, 6.45) is 4.84. The Bertz CT molecular complexity index is 702. The molecule has 0 bridgehead atoms. The summed E-state index contributed by atoms with van der Waals surface area (Å²) in [6.45, 7) is 6.94. The second kappa shape index (κ2) is 10.6. The molecule has 3 aliphatic rings. The maximum absolute atomic E-state index is 13.9. The molecular weight excluding hydrogens is 383 g/mol. The Balaban J connectivity index is 1.21. The van der Waals surface area contributed by atoms with Crippen molar-refractivity contribution in [2.24, 2.45) is 10.9 Å². The van der Waals surface area contributed by atoms with Gasteiger partial charge in [0.25, 0.3) is 0 Å². The summed E-state index contributed by atoms with van der Waals surface area (Å²) in [5.41, 5.74) is 0.794. The highest BCUT2D eigenvalue weighted by Gasteiger charge is 2.32. The third-order valence-corrected chi connectivity index (χ3v) is 6.59. The molecule has 4 rings (SSSR count). The minimum absolute atomic E-state index is 0.100. The van der Waals surface area contributed by atoms with Crippen molar-refractivity contribution in [3.63, 3.8) is 0 Å². The third-order valence-electron chi connectivity index (χ3n) is 6.59. The molecule has 7 heteroatoms. The fraction of sp³-hybridized carbons (Fsp3) is 0.696. The van der Waals surface area contributed by atoms with Crippen LogP contribution in [0.25, 0.3) is 0 Å². The number of hydrogen-bond acceptors (Lipinski definition) is 4. The monoisotopic (exact) mass is 418 g/mol. The van der Waals surface area contributed by atoms with Gasteiger partial charge in [0, 0.05) is 45.4 Å². The van der Waals surface area contributed by atoms with Gasteiger partial charge >= 0.3 is 0 Å². The van der Waals surface area contributed by atoms with E-state index in [1.165, 1.54) is 0 Å². The number of aliphatic imine (C=N–C) groups is 1. The van der Waals surface area contributed by atoms with Gasteiger partial charge in [0.15, 0.2) is 5.96 Å². The molecule has 3 heterocycles. The second-order valence-electron chi connectivity index (χ2n) is 8.65. The van der Waals surface area contributed by atoms with Crippen molar-refractivity contribution in [2.75, 3.05) is 53.0 Å². The molecule has 30 heavy (non-hydrogen) atoms. The van der Waals surface area contributed by atoms with Crippen molar-refractivity contribution in [1.29, 1.82) is 0 Å². The van der Waals surface area contributed by atoms with E-state index in [1.54, 1.807) is 12.1 Å². The molecule has 0 saturated carbocycles. The van der Waals surface area contributed by atoms with Gasteiger partial charge in [0.2, 0.25) is 0 Å². The van der Waals surface area contributed by atoms with E-state index in [2.05, 4.69) is 20.1 Å². The molecule has 1 aromatic rings. The Morgan fingerprint density at radius 2 is 1.90 bits per heavy atom. The van der Waals surface area contributed by atoms with E-state index in [9.17, 15) is 4.39 Å². The maximum Gasteiger partial charge on any atom is 0.193 e. The number of nitrogens with one attached hydrogen (secondary N) is 1. The van der Waals surface area contributed by atoms with Crippen LogP contribution in [0.5, 0.6) is 0 Å². The lowest BCUT2D eigenvalue weighted by atomic mass is 9.96. The van der Waals surface area contributed by atoms with Crippen LogP contribution in [0.2, 0.25) is 0 Å². The highest BCUT2D eigenvalue weighted by atomic mass is 19.1. The predicted molar refractivity (Wildman–Crippen MR) is 116 cm³/mol. The number of rotatable bonds is 5. The number of guanidine groups is 1. The SMILES string of the molecule is CN=C(NCC1CCN(Cc2ccccc2F)CC1)N1CCOC(C2CCCO2)C1. The average molecular weight is 419 g/mol. The van der Waals surface area contributed by atoms with Crippen molar-refractivity contribution in [3.05, 3.63) is 35.6 Å². The van der Waals surface area contributed by atoms with Gasteiger partial charge in [-0.15, -0.1) is 0 Å². The van der Waals surface area contributed by atoms with E-state index in [-0.39, 0.29) is 18.0 Å². The normalized spacial score (nSPS) is 26.9. The molecule has 6 nitrogen and oxygen atoms in total. The van der Waals surface area contributed by atoms with Crippen LogP contribution in [0, 0.1) is 11.7 Å². The molecule has 1 N–H and O–H groups in total. The first-order chi connectivity index (χ1) is 14.7. The number of piperidine rings is 1. The van der Waals surface area contributed by atoms with Crippen LogP contribution >= 0.6 is 0 Å². The summed E-state index contributed by atoms with van der Waals surface area (Å²) in [7, 11) is 1.86. The van der Waals surface area contributed by atoms with Crippen molar-refractivity contribution in [2.45, 2.75) is 44.4 Å². The largest absolute Gasteiger partial charge is 0.375 e. The Hall–Kier alpha value is -1.70. The van der Waals surface area contributed by atoms with Gasteiger partial charge in [0.1, 0.15) is 11.9 Å². The van der Waals surface area contributed by atoms with Crippen molar-refractivity contribution in [3.8, 4) is 0 Å². The van der Waals surface area contributed by atoms with E-state index < -0.39 is 0 Å². The zero-order valence-corrected chi connectivity index (χ0v) is 18.1. The molecule has 0 aliphatic carbocycles. The molecule has 0 aromatic heterocycles. The molecular formula is C23H35FN4O2. The number of hydrogen-bond donors (Lipinski definition) is 1. The number of nitrogens with zero attached hydrogens (tertiary/aromatic N) is 3. The molecule has 166 valence electrons. The molecule has 3 aliphatic heterocycles. The van der Waals surface area contributed by atoms with Crippen molar-refractivity contribution >= 4 is 5.96 Å². The number of halogens is 1. The zero-order valence-electron chi connectivity index (χ0n) is 18.1. The minimum Gasteiger partial charge on any atom is -0.375 e. The lowest BCUT2D eigenvalue weighted by Crippen LogP contribution is -2.54. The van der Waals surface area contributed by atoms with E-state index in [0.29, 0.717) is 12.5 Å². The van der Waals surface area contributed by atoms with Crippen LogP contribution in [0.3, 0.4) is 0 Å². The highest BCUT2D eigenvalue weighted by molar-refractivity contribution is 5.80. The Kier molecular flexibility index (Phi) is 7.57. The molecule has 0 amide bonds.